The van der Waals surface area contributed by atoms with Gasteiger partial charge in [-0.25, -0.2) is 9.18 Å². The van der Waals surface area contributed by atoms with Gasteiger partial charge in [0.25, 0.3) is 0 Å². The van der Waals surface area contributed by atoms with Gasteiger partial charge in [-0.2, -0.15) is 0 Å². The van der Waals surface area contributed by atoms with Gasteiger partial charge in [0, 0.05) is 38.1 Å². The average Bonchev–Trinajstić information content (AvgIpc) is 2.71. The molecule has 1 aliphatic heterocycles. The van der Waals surface area contributed by atoms with Gasteiger partial charge in [0.1, 0.15) is 22.7 Å². The molecule has 0 saturated carbocycles. The second-order valence-corrected chi connectivity index (χ2v) is 7.20. The fraction of sp³-hybridized carbons (Fsp3) is 0.273. The number of anilines is 1. The standard InChI is InChI=1S/C22H21FN2O4/c1-14(26)16-12-15-6-7-20(27)17(21(15)29-22(16)28)13-24-8-10-25(11-9-24)19-5-3-2-4-18(19)23/h2-7,12,27H,8-11,13H2,1H3. The molecule has 150 valence electrons. The van der Waals surface area contributed by atoms with Crippen molar-refractivity contribution in [3.8, 4) is 5.75 Å². The number of hydrogen-bond donors (Lipinski definition) is 1. The van der Waals surface area contributed by atoms with Crippen molar-refractivity contribution in [1.82, 2.24) is 4.90 Å². The molecule has 0 radical (unpaired) electrons. The molecule has 1 aromatic heterocycles. The first kappa shape index (κ1) is 19.1. The second-order valence-electron chi connectivity index (χ2n) is 7.20. The summed E-state index contributed by atoms with van der Waals surface area (Å²) in [5.74, 6) is -0.567. The zero-order valence-electron chi connectivity index (χ0n) is 16.0. The van der Waals surface area contributed by atoms with E-state index in [4.69, 9.17) is 4.42 Å². The molecule has 1 N–H and O–H groups in total. The van der Waals surface area contributed by atoms with E-state index >= 15 is 0 Å². The summed E-state index contributed by atoms with van der Waals surface area (Å²) in [4.78, 5) is 27.8. The average molecular weight is 396 g/mol. The Morgan fingerprint density at radius 3 is 2.55 bits per heavy atom. The smallest absolute Gasteiger partial charge is 0.347 e. The fourth-order valence-electron chi connectivity index (χ4n) is 3.71. The summed E-state index contributed by atoms with van der Waals surface area (Å²) in [6, 6.07) is 11.4. The number of rotatable bonds is 4. The predicted molar refractivity (Wildman–Crippen MR) is 108 cm³/mol. The van der Waals surface area contributed by atoms with Crippen LogP contribution in [0.3, 0.4) is 0 Å². The van der Waals surface area contributed by atoms with Crippen molar-refractivity contribution in [3.05, 3.63) is 69.8 Å². The molecule has 2 heterocycles. The molecule has 0 amide bonds. The minimum Gasteiger partial charge on any atom is -0.507 e. The van der Waals surface area contributed by atoms with Crippen LogP contribution in [0.1, 0.15) is 22.8 Å². The Balaban J connectivity index is 1.56. The molecule has 2 aromatic carbocycles. The van der Waals surface area contributed by atoms with Crippen LogP contribution in [0.2, 0.25) is 0 Å². The van der Waals surface area contributed by atoms with Gasteiger partial charge >= 0.3 is 5.63 Å². The first-order chi connectivity index (χ1) is 13.9. The molecule has 0 atom stereocenters. The molecule has 0 bridgehead atoms. The molecule has 0 aliphatic carbocycles. The van der Waals surface area contributed by atoms with Crippen molar-refractivity contribution < 1.29 is 18.7 Å². The van der Waals surface area contributed by atoms with Gasteiger partial charge < -0.3 is 14.4 Å². The van der Waals surface area contributed by atoms with Crippen molar-refractivity contribution in [3.63, 3.8) is 0 Å². The number of fused-ring (bicyclic) bond motifs is 1. The Labute approximate surface area is 166 Å². The van der Waals surface area contributed by atoms with E-state index in [9.17, 15) is 19.1 Å². The number of carbonyl (C=O) groups is 1. The summed E-state index contributed by atoms with van der Waals surface area (Å²) in [5.41, 5.74) is 0.669. The minimum atomic E-state index is -0.707. The number of piperazine rings is 1. The van der Waals surface area contributed by atoms with E-state index in [1.54, 1.807) is 18.2 Å². The molecule has 7 heteroatoms. The Morgan fingerprint density at radius 1 is 1.14 bits per heavy atom. The number of hydrogen-bond acceptors (Lipinski definition) is 6. The Hall–Kier alpha value is -3.19. The third-order valence-corrected chi connectivity index (χ3v) is 5.31. The maximum atomic E-state index is 14.0. The van der Waals surface area contributed by atoms with E-state index in [2.05, 4.69) is 4.90 Å². The summed E-state index contributed by atoms with van der Waals surface area (Å²) >= 11 is 0. The van der Waals surface area contributed by atoms with Gasteiger partial charge in [-0.1, -0.05) is 12.1 Å². The van der Waals surface area contributed by atoms with E-state index in [-0.39, 0.29) is 28.5 Å². The van der Waals surface area contributed by atoms with Gasteiger partial charge in [-0.05, 0) is 37.3 Å². The van der Waals surface area contributed by atoms with Crippen LogP contribution in [0.5, 0.6) is 5.75 Å². The van der Waals surface area contributed by atoms with Crippen molar-refractivity contribution in [2.24, 2.45) is 0 Å². The number of phenolic OH excluding ortho intramolecular Hbond substituents is 1. The van der Waals surface area contributed by atoms with Gasteiger partial charge in [-0.15, -0.1) is 0 Å². The van der Waals surface area contributed by atoms with Crippen LogP contribution in [0.25, 0.3) is 11.0 Å². The van der Waals surface area contributed by atoms with Crippen molar-refractivity contribution in [2.75, 3.05) is 31.1 Å². The molecular weight excluding hydrogens is 375 g/mol. The topological polar surface area (TPSA) is 74.0 Å². The largest absolute Gasteiger partial charge is 0.507 e. The normalized spacial score (nSPS) is 15.0. The highest BCUT2D eigenvalue weighted by atomic mass is 19.1. The van der Waals surface area contributed by atoms with E-state index < -0.39 is 5.63 Å². The predicted octanol–water partition coefficient (Wildman–Crippen LogP) is 3.16. The number of para-hydroxylation sites is 1. The minimum absolute atomic E-state index is 0.00681. The van der Waals surface area contributed by atoms with Crippen LogP contribution in [0.15, 0.2) is 51.7 Å². The summed E-state index contributed by atoms with van der Waals surface area (Å²) < 4.78 is 19.4. The highest BCUT2D eigenvalue weighted by Gasteiger charge is 2.22. The van der Waals surface area contributed by atoms with Gasteiger partial charge in [0.15, 0.2) is 5.78 Å². The lowest BCUT2D eigenvalue weighted by molar-refractivity contribution is 0.101. The number of aromatic hydroxyl groups is 1. The van der Waals surface area contributed by atoms with Crippen LogP contribution in [-0.4, -0.2) is 42.0 Å². The molecule has 29 heavy (non-hydrogen) atoms. The lowest BCUT2D eigenvalue weighted by atomic mass is 10.1. The molecule has 1 aliphatic rings. The maximum absolute atomic E-state index is 14.0. The molecular formula is C22H21FN2O4. The molecule has 6 nitrogen and oxygen atoms in total. The van der Waals surface area contributed by atoms with Gasteiger partial charge in [0.05, 0.1) is 11.3 Å². The highest BCUT2D eigenvalue weighted by molar-refractivity contribution is 5.97. The van der Waals surface area contributed by atoms with E-state index in [1.807, 2.05) is 11.0 Å². The summed E-state index contributed by atoms with van der Waals surface area (Å²) in [6.07, 6.45) is 0. The van der Waals surface area contributed by atoms with Crippen LogP contribution in [0, 0.1) is 5.82 Å². The van der Waals surface area contributed by atoms with E-state index in [0.717, 1.165) is 0 Å². The number of ketones is 1. The van der Waals surface area contributed by atoms with Gasteiger partial charge in [0.2, 0.25) is 0 Å². The number of benzene rings is 2. The van der Waals surface area contributed by atoms with Crippen molar-refractivity contribution >= 4 is 22.4 Å². The first-order valence-electron chi connectivity index (χ1n) is 9.45. The third kappa shape index (κ3) is 3.73. The van der Waals surface area contributed by atoms with Crippen LogP contribution < -0.4 is 10.5 Å². The number of Topliss-reactive ketones (excluding diaryl/α,β-unsaturated/α-hetero) is 1. The maximum Gasteiger partial charge on any atom is 0.347 e. The monoisotopic (exact) mass is 396 g/mol. The molecule has 1 saturated heterocycles. The van der Waals surface area contributed by atoms with Crippen molar-refractivity contribution in [1.29, 1.82) is 0 Å². The summed E-state index contributed by atoms with van der Waals surface area (Å²) in [5, 5.41) is 10.9. The summed E-state index contributed by atoms with van der Waals surface area (Å²) in [6.45, 7) is 4.32. The number of carbonyl (C=O) groups excluding carboxylic acids is 1. The zero-order chi connectivity index (χ0) is 20.5. The molecule has 4 rings (SSSR count). The zero-order valence-corrected chi connectivity index (χ0v) is 16.0. The fourth-order valence-corrected chi connectivity index (χ4v) is 3.71. The molecule has 0 unspecified atom stereocenters. The molecule has 1 fully saturated rings. The molecule has 0 spiro atoms. The van der Waals surface area contributed by atoms with E-state index in [1.165, 1.54) is 25.1 Å². The lowest BCUT2D eigenvalue weighted by Crippen LogP contribution is -2.46. The number of phenols is 1. The van der Waals surface area contributed by atoms with E-state index in [0.29, 0.717) is 49.4 Å². The van der Waals surface area contributed by atoms with Gasteiger partial charge in [-0.3, -0.25) is 9.69 Å². The van der Waals surface area contributed by atoms with Crippen molar-refractivity contribution in [2.45, 2.75) is 13.5 Å². The Kier molecular flexibility index (Phi) is 5.07. The van der Waals surface area contributed by atoms with Crippen LogP contribution in [0.4, 0.5) is 10.1 Å². The summed E-state index contributed by atoms with van der Waals surface area (Å²) in [7, 11) is 0. The van der Waals surface area contributed by atoms with Crippen LogP contribution >= 0.6 is 0 Å². The van der Waals surface area contributed by atoms with Crippen LogP contribution in [-0.2, 0) is 6.54 Å². The first-order valence-corrected chi connectivity index (χ1v) is 9.45. The number of nitrogens with zero attached hydrogens (tertiary/aromatic N) is 2. The third-order valence-electron chi connectivity index (χ3n) is 5.31. The SMILES string of the molecule is CC(=O)c1cc2ccc(O)c(CN3CCN(c4ccccc4F)CC3)c2oc1=O. The second kappa shape index (κ2) is 7.67. The molecule has 3 aromatic rings. The highest BCUT2D eigenvalue weighted by Crippen LogP contribution is 2.29. The Bertz CT molecular complexity index is 1130. The number of halogens is 1. The lowest BCUT2D eigenvalue weighted by Gasteiger charge is -2.36. The quantitative estimate of drug-likeness (QED) is 0.539. The Morgan fingerprint density at radius 2 is 1.86 bits per heavy atom.